The summed E-state index contributed by atoms with van der Waals surface area (Å²) in [5.74, 6) is -0.944. The second kappa shape index (κ2) is 19.5. The smallest absolute Gasteiger partial charge is 0.253 e. The van der Waals surface area contributed by atoms with Gasteiger partial charge in [0.15, 0.2) is 5.82 Å². The number of halogens is 2. The van der Waals surface area contributed by atoms with Crippen molar-refractivity contribution in [1.82, 2.24) is 25.9 Å². The molecule has 5 fully saturated rings. The zero-order chi connectivity index (χ0) is 40.4. The van der Waals surface area contributed by atoms with Crippen LogP contribution in [0.25, 0.3) is 11.3 Å². The number of benzene rings is 2. The minimum absolute atomic E-state index is 0. The highest BCUT2D eigenvalue weighted by Gasteiger charge is 2.29. The van der Waals surface area contributed by atoms with Crippen LogP contribution in [-0.2, 0) is 23.9 Å². The van der Waals surface area contributed by atoms with E-state index in [1.54, 1.807) is 35.2 Å². The van der Waals surface area contributed by atoms with E-state index < -0.39 is 11.9 Å². The van der Waals surface area contributed by atoms with Gasteiger partial charge in [0.2, 0.25) is 23.7 Å². The summed E-state index contributed by atoms with van der Waals surface area (Å²) in [7, 11) is 0. The molecule has 58 heavy (non-hydrogen) atoms. The lowest BCUT2D eigenvalue weighted by molar-refractivity contribution is -0.133. The molecule has 16 heteroatoms. The summed E-state index contributed by atoms with van der Waals surface area (Å²) in [6.45, 7) is 4.21. The topological polar surface area (TPSA) is 170 Å². The van der Waals surface area contributed by atoms with E-state index in [1.807, 2.05) is 11.0 Å². The van der Waals surface area contributed by atoms with Crippen LogP contribution in [0.3, 0.4) is 0 Å². The number of hydrogen-bond donors (Lipinski definition) is 5. The molecule has 0 radical (unpaired) electrons. The van der Waals surface area contributed by atoms with Gasteiger partial charge in [-0.2, -0.15) is 0 Å². The first kappa shape index (κ1) is 41.0. The van der Waals surface area contributed by atoms with Crippen molar-refractivity contribution in [1.29, 1.82) is 0 Å². The Morgan fingerprint density at radius 1 is 0.862 bits per heavy atom. The highest BCUT2D eigenvalue weighted by molar-refractivity contribution is 6.01. The van der Waals surface area contributed by atoms with Crippen molar-refractivity contribution in [3.05, 3.63) is 60.3 Å². The fourth-order valence-electron chi connectivity index (χ4n) is 8.29. The number of nitrogens with zero attached hydrogens (tertiary/aromatic N) is 4. The summed E-state index contributed by atoms with van der Waals surface area (Å²) in [6, 6.07) is 12.1. The van der Waals surface area contributed by atoms with Crippen LogP contribution in [0.15, 0.2) is 48.7 Å². The SMILES string of the molecule is O=C(NC1CCCCC1)C1CCC(Nc2ncc(F)c(-c3cccc(N4CCOCC4=O)c3)n2)CC1.O=C1CCC(Nc2ccc(N3CCNCC3)c(F)c2)C(=O)N1.[HH].[HH].[HH].[HH]. The molecule has 5 N–H and O–H groups in total. The number of amides is 4. The molecule has 4 heterocycles. The van der Waals surface area contributed by atoms with Crippen molar-refractivity contribution in [2.45, 2.75) is 88.8 Å². The van der Waals surface area contributed by atoms with Gasteiger partial charge >= 0.3 is 0 Å². The van der Waals surface area contributed by atoms with E-state index in [1.165, 1.54) is 31.5 Å². The number of carbonyl (C=O) groups is 4. The standard InChI is InChI=1S/C27H34FN5O3.C15H19FN4O2.4H2/c28-23-16-29-27(31-21-11-9-18(10-12-21)26(35)30-20-6-2-1-3-7-20)32-25(23)19-5-4-8-22(15-19)33-13-14-36-17-24(33)34;16-11-9-10(18-12-2-4-14(21)19-15(12)22)1-3-13(11)20-7-5-17-6-8-20;;;;/h4-5,8,15-16,18,20-21H,1-3,6-7,9-14,17H2,(H,30,35)(H,29,31,32);1,3,9,12,17-18H,2,4-8H2,(H,19,21,22);4*1H. The number of nitrogens with one attached hydrogen (secondary N) is 5. The Labute approximate surface area is 343 Å². The molecule has 3 saturated heterocycles. The maximum absolute atomic E-state index is 14.7. The third-order valence-electron chi connectivity index (χ3n) is 11.5. The summed E-state index contributed by atoms with van der Waals surface area (Å²) in [5, 5.41) is 15.1. The minimum atomic E-state index is -0.519. The Morgan fingerprint density at radius 3 is 2.40 bits per heavy atom. The second-order valence-electron chi connectivity index (χ2n) is 15.6. The lowest BCUT2D eigenvalue weighted by Gasteiger charge is -2.30. The van der Waals surface area contributed by atoms with Crippen LogP contribution in [0, 0.1) is 17.6 Å². The molecule has 0 bridgehead atoms. The van der Waals surface area contributed by atoms with E-state index in [0.29, 0.717) is 60.6 Å². The van der Waals surface area contributed by atoms with Crippen molar-refractivity contribution in [3.8, 4) is 11.3 Å². The van der Waals surface area contributed by atoms with Crippen LogP contribution in [-0.4, -0.2) is 97.7 Å². The van der Waals surface area contributed by atoms with E-state index in [2.05, 4.69) is 36.6 Å². The van der Waals surface area contributed by atoms with Crippen LogP contribution < -0.4 is 36.4 Å². The highest BCUT2D eigenvalue weighted by atomic mass is 19.1. The molecule has 2 saturated carbocycles. The average molecular weight is 810 g/mol. The monoisotopic (exact) mass is 809 g/mol. The molecule has 14 nitrogen and oxygen atoms in total. The Kier molecular flexibility index (Phi) is 13.8. The van der Waals surface area contributed by atoms with E-state index >= 15 is 0 Å². The predicted octanol–water partition coefficient (Wildman–Crippen LogP) is 5.50. The zero-order valence-corrected chi connectivity index (χ0v) is 32.7. The van der Waals surface area contributed by atoms with Gasteiger partial charge in [0.1, 0.15) is 24.2 Å². The van der Waals surface area contributed by atoms with Gasteiger partial charge in [0.05, 0.1) is 18.5 Å². The first-order valence-electron chi connectivity index (χ1n) is 20.6. The molecule has 1 aromatic heterocycles. The molecular weight excluding hydrogens is 749 g/mol. The highest BCUT2D eigenvalue weighted by Crippen LogP contribution is 2.30. The van der Waals surface area contributed by atoms with Crippen LogP contribution in [0.4, 0.5) is 31.8 Å². The molecule has 4 amide bonds. The summed E-state index contributed by atoms with van der Waals surface area (Å²) in [5.41, 5.74) is 2.59. The predicted molar refractivity (Wildman–Crippen MR) is 225 cm³/mol. The molecule has 318 valence electrons. The van der Waals surface area contributed by atoms with Crippen molar-refractivity contribution >= 4 is 46.6 Å². The summed E-state index contributed by atoms with van der Waals surface area (Å²) in [4.78, 5) is 60.0. The number of piperazine rings is 1. The second-order valence-corrected chi connectivity index (χ2v) is 15.6. The summed E-state index contributed by atoms with van der Waals surface area (Å²) < 4.78 is 34.2. The normalized spacial score (nSPS) is 23.0. The van der Waals surface area contributed by atoms with Crippen LogP contribution in [0.1, 0.15) is 76.3 Å². The van der Waals surface area contributed by atoms with Crippen molar-refractivity contribution in [2.24, 2.45) is 5.92 Å². The number of ether oxygens (including phenoxy) is 1. The lowest BCUT2D eigenvalue weighted by Crippen LogP contribution is -2.47. The van der Waals surface area contributed by atoms with Gasteiger partial charge in [-0.05, 0) is 75.3 Å². The number of rotatable bonds is 9. The van der Waals surface area contributed by atoms with Crippen molar-refractivity contribution in [2.75, 3.05) is 66.4 Å². The third-order valence-corrected chi connectivity index (χ3v) is 11.5. The Balaban J connectivity index is 0.000000342. The number of imide groups is 1. The van der Waals surface area contributed by atoms with Crippen LogP contribution >= 0.6 is 0 Å². The van der Waals surface area contributed by atoms with Gasteiger partial charge < -0.3 is 35.8 Å². The molecule has 2 aromatic carbocycles. The van der Waals surface area contributed by atoms with Gasteiger partial charge in [-0.1, -0.05) is 31.4 Å². The number of anilines is 4. The van der Waals surface area contributed by atoms with Gasteiger partial charge in [-0.3, -0.25) is 24.5 Å². The number of aromatic nitrogens is 2. The Bertz CT molecular complexity index is 1950. The zero-order valence-electron chi connectivity index (χ0n) is 32.7. The molecule has 1 atom stereocenters. The molecule has 8 rings (SSSR count). The van der Waals surface area contributed by atoms with Crippen LogP contribution in [0.5, 0.6) is 0 Å². The van der Waals surface area contributed by atoms with E-state index in [0.717, 1.165) is 64.7 Å². The molecular formula is C42H61F2N9O5. The quantitative estimate of drug-likeness (QED) is 0.173. The number of hydrogen-bond acceptors (Lipinski definition) is 11. The van der Waals surface area contributed by atoms with Crippen LogP contribution in [0.2, 0.25) is 0 Å². The van der Waals surface area contributed by atoms with Gasteiger partial charge in [0.25, 0.3) is 5.91 Å². The molecule has 5 aliphatic rings. The minimum Gasteiger partial charge on any atom is -0.374 e. The molecule has 3 aliphatic heterocycles. The summed E-state index contributed by atoms with van der Waals surface area (Å²) in [6.07, 6.45) is 11.1. The summed E-state index contributed by atoms with van der Waals surface area (Å²) >= 11 is 0. The number of piperidine rings is 1. The molecule has 0 spiro atoms. The largest absolute Gasteiger partial charge is 0.374 e. The molecule has 3 aromatic rings. The van der Waals surface area contributed by atoms with Gasteiger partial charge in [0, 0.05) is 79.8 Å². The van der Waals surface area contributed by atoms with Gasteiger partial charge in [-0.15, -0.1) is 0 Å². The fourth-order valence-corrected chi connectivity index (χ4v) is 8.29. The average Bonchev–Trinajstić information content (AvgIpc) is 3.24. The lowest BCUT2D eigenvalue weighted by atomic mass is 9.85. The molecule has 2 aliphatic carbocycles. The van der Waals surface area contributed by atoms with E-state index in [9.17, 15) is 28.0 Å². The maximum Gasteiger partial charge on any atom is 0.253 e. The number of carbonyl (C=O) groups excluding carboxylic acids is 4. The molecule has 1 unspecified atom stereocenters. The Hall–Kier alpha value is -5.22. The number of morpholine rings is 1. The fraction of sp³-hybridized carbons (Fsp3) is 0.524. The van der Waals surface area contributed by atoms with Gasteiger partial charge in [-0.25, -0.2) is 18.7 Å². The Morgan fingerprint density at radius 2 is 1.66 bits per heavy atom. The maximum atomic E-state index is 14.7. The first-order chi connectivity index (χ1) is 28.2. The first-order valence-corrected chi connectivity index (χ1v) is 20.6. The van der Waals surface area contributed by atoms with E-state index in [-0.39, 0.29) is 59.4 Å². The third kappa shape index (κ3) is 10.6. The van der Waals surface area contributed by atoms with Crippen molar-refractivity contribution in [3.63, 3.8) is 0 Å². The van der Waals surface area contributed by atoms with Crippen molar-refractivity contribution < 1.29 is 38.4 Å². The van der Waals surface area contributed by atoms with E-state index in [4.69, 9.17) is 4.74 Å².